The molecule has 0 radical (unpaired) electrons. The third-order valence-electron chi connectivity index (χ3n) is 7.13. The third kappa shape index (κ3) is 3.80. The van der Waals surface area contributed by atoms with E-state index >= 15 is 0 Å². The van der Waals surface area contributed by atoms with Crippen molar-refractivity contribution in [2.24, 2.45) is 4.99 Å². The number of allylic oxidation sites excluding steroid dienone is 2. The van der Waals surface area contributed by atoms with Gasteiger partial charge in [0.15, 0.2) is 12.2 Å². The Bertz CT molecular complexity index is 1260. The van der Waals surface area contributed by atoms with Crippen molar-refractivity contribution < 1.29 is 19.1 Å². The van der Waals surface area contributed by atoms with Crippen LogP contribution in [0.25, 0.3) is 0 Å². The van der Waals surface area contributed by atoms with Crippen molar-refractivity contribution in [1.29, 1.82) is 0 Å². The number of hydrogen-bond acceptors (Lipinski definition) is 7. The lowest BCUT2D eigenvalue weighted by Gasteiger charge is -2.40. The number of carbonyl (C=O) groups is 3. The Balaban J connectivity index is 1.37. The summed E-state index contributed by atoms with van der Waals surface area (Å²) in [5.41, 5.74) is 3.83. The minimum atomic E-state index is -0.743. The van der Waals surface area contributed by atoms with Crippen molar-refractivity contribution in [2.45, 2.75) is 45.6 Å². The summed E-state index contributed by atoms with van der Waals surface area (Å²) in [7, 11) is 1.61. The molecule has 0 saturated carbocycles. The molecular formula is C27H29N5O4. The normalized spacial score (nSPS) is 22.1. The van der Waals surface area contributed by atoms with Gasteiger partial charge in [0.2, 0.25) is 5.96 Å². The van der Waals surface area contributed by atoms with Crippen LogP contribution in [-0.4, -0.2) is 69.3 Å². The average molecular weight is 488 g/mol. The fourth-order valence-electron chi connectivity index (χ4n) is 5.04. The predicted octanol–water partition coefficient (Wildman–Crippen LogP) is 3.32. The fourth-order valence-corrected chi connectivity index (χ4v) is 5.04. The average Bonchev–Trinajstić information content (AvgIpc) is 3.39. The van der Waals surface area contributed by atoms with E-state index in [-0.39, 0.29) is 12.6 Å². The maximum Gasteiger partial charge on any atom is 0.328 e. The number of rotatable bonds is 6. The Morgan fingerprint density at radius 1 is 1.00 bits per heavy atom. The highest BCUT2D eigenvalue weighted by Crippen LogP contribution is 2.41. The van der Waals surface area contributed by atoms with Gasteiger partial charge in [0, 0.05) is 18.4 Å². The molecule has 186 valence electrons. The predicted molar refractivity (Wildman–Crippen MR) is 133 cm³/mol. The second kappa shape index (κ2) is 9.14. The quantitative estimate of drug-likeness (QED) is 0.581. The van der Waals surface area contributed by atoms with E-state index in [9.17, 15) is 14.4 Å². The molecule has 0 aromatic heterocycles. The minimum Gasteiger partial charge on any atom is -0.459 e. The smallest absolute Gasteiger partial charge is 0.328 e. The number of nitrogens with zero attached hydrogens (tertiary/aromatic N) is 5. The van der Waals surface area contributed by atoms with Crippen LogP contribution in [0.5, 0.6) is 0 Å². The van der Waals surface area contributed by atoms with Crippen LogP contribution in [0, 0.1) is 0 Å². The molecule has 5 rings (SSSR count). The molecule has 3 heterocycles. The Morgan fingerprint density at radius 3 is 2.31 bits per heavy atom. The van der Waals surface area contributed by atoms with Crippen LogP contribution in [0.4, 0.5) is 4.79 Å². The molecule has 2 aromatic rings. The Hall–Kier alpha value is -4.14. The summed E-state index contributed by atoms with van der Waals surface area (Å²) in [6, 6.07) is 18.0. The number of esters is 1. The number of urea groups is 1. The highest BCUT2D eigenvalue weighted by Gasteiger charge is 2.56. The molecule has 3 aliphatic heterocycles. The van der Waals surface area contributed by atoms with Gasteiger partial charge in [-0.2, -0.15) is 0 Å². The Morgan fingerprint density at radius 2 is 1.64 bits per heavy atom. The summed E-state index contributed by atoms with van der Waals surface area (Å²) in [4.78, 5) is 50.5. The minimum absolute atomic E-state index is 0.0229. The number of aliphatic imine (C=N–C) groups is 1. The van der Waals surface area contributed by atoms with E-state index < -0.39 is 36.7 Å². The number of guanidine groups is 1. The summed E-state index contributed by atoms with van der Waals surface area (Å²) in [6.07, 6.45) is -0.676. The lowest BCUT2D eigenvalue weighted by atomic mass is 10.1. The van der Waals surface area contributed by atoms with E-state index in [0.29, 0.717) is 5.96 Å². The molecule has 1 saturated heterocycles. The van der Waals surface area contributed by atoms with Crippen molar-refractivity contribution in [1.82, 2.24) is 19.6 Å². The number of likely N-dealkylation sites (N-methyl/N-ethyl adjacent to an activating group) is 1. The summed E-state index contributed by atoms with van der Waals surface area (Å²) in [5.74, 6) is -0.464. The number of amides is 3. The van der Waals surface area contributed by atoms with E-state index in [0.717, 1.165) is 27.4 Å². The highest BCUT2D eigenvalue weighted by molar-refractivity contribution is 6.06. The maximum absolute atomic E-state index is 13.6. The molecule has 36 heavy (non-hydrogen) atoms. The van der Waals surface area contributed by atoms with Gasteiger partial charge < -0.3 is 14.5 Å². The summed E-state index contributed by atoms with van der Waals surface area (Å²) >= 11 is 0. The van der Waals surface area contributed by atoms with Crippen LogP contribution in [0.15, 0.2) is 77.1 Å². The zero-order chi connectivity index (χ0) is 25.6. The molecule has 1 fully saturated rings. The molecule has 3 aliphatic rings. The van der Waals surface area contributed by atoms with Crippen LogP contribution in [0.3, 0.4) is 0 Å². The second-order valence-corrected chi connectivity index (χ2v) is 9.25. The number of ether oxygens (including phenoxy) is 1. The van der Waals surface area contributed by atoms with Crippen molar-refractivity contribution in [3.63, 3.8) is 0 Å². The molecule has 3 amide bonds. The molecule has 2 aromatic carbocycles. The number of fused-ring (bicyclic) bond motifs is 3. The van der Waals surface area contributed by atoms with Gasteiger partial charge in [-0.15, -0.1) is 0 Å². The van der Waals surface area contributed by atoms with E-state index in [4.69, 9.17) is 9.73 Å². The van der Waals surface area contributed by atoms with Crippen molar-refractivity contribution in [3.8, 4) is 0 Å². The van der Waals surface area contributed by atoms with E-state index in [1.807, 2.05) is 67.3 Å². The third-order valence-corrected chi connectivity index (χ3v) is 7.13. The first-order valence-corrected chi connectivity index (χ1v) is 12.0. The number of imide groups is 1. The first-order chi connectivity index (χ1) is 17.3. The van der Waals surface area contributed by atoms with Gasteiger partial charge in [0.05, 0.1) is 6.04 Å². The molecule has 3 unspecified atom stereocenters. The van der Waals surface area contributed by atoms with Crippen LogP contribution in [0.1, 0.15) is 37.9 Å². The fraction of sp³-hybridized carbons (Fsp3) is 0.333. The van der Waals surface area contributed by atoms with Crippen molar-refractivity contribution >= 4 is 23.9 Å². The second-order valence-electron chi connectivity index (χ2n) is 9.25. The maximum atomic E-state index is 13.6. The largest absolute Gasteiger partial charge is 0.459 e. The first kappa shape index (κ1) is 23.6. The van der Waals surface area contributed by atoms with E-state index in [1.165, 1.54) is 4.90 Å². The molecule has 0 aliphatic carbocycles. The Kier molecular flexibility index (Phi) is 5.99. The molecule has 3 atom stereocenters. The number of hydrogen-bond donors (Lipinski definition) is 0. The van der Waals surface area contributed by atoms with Crippen LogP contribution in [-0.2, 0) is 20.9 Å². The van der Waals surface area contributed by atoms with Gasteiger partial charge >= 0.3 is 12.0 Å². The highest BCUT2D eigenvalue weighted by atomic mass is 16.5. The van der Waals surface area contributed by atoms with E-state index in [1.54, 1.807) is 7.05 Å². The molecule has 9 heteroatoms. The van der Waals surface area contributed by atoms with Gasteiger partial charge in [-0.05, 0) is 31.9 Å². The number of benzene rings is 2. The number of carbonyl (C=O) groups excluding carboxylic acids is 3. The summed E-state index contributed by atoms with van der Waals surface area (Å²) in [6.45, 7) is 5.67. The molecule has 0 N–H and O–H groups in total. The SMILES string of the molecule is CC1=C(C)N2C(=NC3C2C(=O)N(CC(=O)OCc2ccccc2)C(=O)N3C)N1C(C)c1ccccc1. The zero-order valence-electron chi connectivity index (χ0n) is 20.8. The summed E-state index contributed by atoms with van der Waals surface area (Å²) in [5, 5.41) is 0. The van der Waals surface area contributed by atoms with Crippen molar-refractivity contribution in [2.75, 3.05) is 13.6 Å². The van der Waals surface area contributed by atoms with E-state index in [2.05, 4.69) is 24.0 Å². The molecule has 0 bridgehead atoms. The van der Waals surface area contributed by atoms with Crippen molar-refractivity contribution in [3.05, 3.63) is 83.2 Å². The molecule has 9 nitrogen and oxygen atoms in total. The van der Waals surface area contributed by atoms with Gasteiger partial charge in [0.1, 0.15) is 13.2 Å². The zero-order valence-corrected chi connectivity index (χ0v) is 20.8. The lowest BCUT2D eigenvalue weighted by molar-refractivity contribution is -0.151. The topological polar surface area (TPSA) is 85.8 Å². The van der Waals surface area contributed by atoms with Crippen LogP contribution in [0.2, 0.25) is 0 Å². The van der Waals surface area contributed by atoms with Gasteiger partial charge in [-0.1, -0.05) is 60.7 Å². The van der Waals surface area contributed by atoms with Crippen LogP contribution >= 0.6 is 0 Å². The molecule has 0 spiro atoms. The van der Waals surface area contributed by atoms with Crippen LogP contribution < -0.4 is 0 Å². The first-order valence-electron chi connectivity index (χ1n) is 12.0. The lowest BCUT2D eigenvalue weighted by Crippen LogP contribution is -2.65. The van der Waals surface area contributed by atoms with Gasteiger partial charge in [0.25, 0.3) is 5.91 Å². The Labute approximate surface area is 210 Å². The monoisotopic (exact) mass is 487 g/mol. The molecular weight excluding hydrogens is 458 g/mol. The van der Waals surface area contributed by atoms with Gasteiger partial charge in [-0.25, -0.2) is 9.79 Å². The van der Waals surface area contributed by atoms with Gasteiger partial charge in [-0.3, -0.25) is 19.4 Å². The standard InChI is InChI=1S/C27H29N5O4/c1-17-18(2)32-23-24(28-26(32)31(17)19(3)21-13-9-6-10-14-21)29(4)27(35)30(25(23)34)15-22(33)36-16-20-11-7-5-8-12-20/h5-14,19,23-24H,15-16H2,1-4H3. The summed E-state index contributed by atoms with van der Waals surface area (Å²) < 4.78 is 5.33.